The van der Waals surface area contributed by atoms with Crippen molar-refractivity contribution in [1.82, 2.24) is 25.3 Å². The molecule has 0 saturated heterocycles. The lowest BCUT2D eigenvalue weighted by Gasteiger charge is -2.04. The van der Waals surface area contributed by atoms with Gasteiger partial charge in [-0.05, 0) is 37.3 Å². The van der Waals surface area contributed by atoms with E-state index in [9.17, 15) is 13.6 Å². The third-order valence-electron chi connectivity index (χ3n) is 3.97. The lowest BCUT2D eigenvalue weighted by molar-refractivity contribution is -0.0498. The molecule has 0 aliphatic carbocycles. The first kappa shape index (κ1) is 17.6. The molecule has 3 aromatic rings. The fraction of sp³-hybridized carbons (Fsp3) is 0.235. The summed E-state index contributed by atoms with van der Waals surface area (Å²) in [6, 6.07) is 7.61. The Morgan fingerprint density at radius 1 is 1.35 bits per heavy atom. The topological polar surface area (TPSA) is 84.8 Å². The minimum Gasteiger partial charge on any atom is -0.435 e. The Labute approximate surface area is 148 Å². The number of carbonyl (C=O) groups is 1. The van der Waals surface area contributed by atoms with Crippen LogP contribution in [0.2, 0.25) is 0 Å². The average Bonchev–Trinajstić information content (AvgIpc) is 3.22. The van der Waals surface area contributed by atoms with Crippen LogP contribution in [0.1, 0.15) is 21.7 Å². The number of hydrogen-bond donors (Lipinski definition) is 2. The number of alkyl halides is 2. The van der Waals surface area contributed by atoms with Gasteiger partial charge in [0.25, 0.3) is 5.91 Å². The van der Waals surface area contributed by atoms with E-state index >= 15 is 0 Å². The van der Waals surface area contributed by atoms with Gasteiger partial charge in [-0.25, -0.2) is 0 Å². The summed E-state index contributed by atoms with van der Waals surface area (Å²) in [6.45, 7) is -0.596. The van der Waals surface area contributed by atoms with Crippen molar-refractivity contribution >= 4 is 5.91 Å². The van der Waals surface area contributed by atoms with E-state index in [0.29, 0.717) is 23.5 Å². The number of benzene rings is 1. The Morgan fingerprint density at radius 2 is 2.08 bits per heavy atom. The molecule has 136 valence electrons. The second-order valence-corrected chi connectivity index (χ2v) is 5.63. The summed E-state index contributed by atoms with van der Waals surface area (Å²) in [5, 5.41) is 13.7. The zero-order chi connectivity index (χ0) is 18.7. The number of H-pyrrole nitrogens is 1. The largest absolute Gasteiger partial charge is 0.435 e. The van der Waals surface area contributed by atoms with Gasteiger partial charge in [0.05, 0.1) is 11.9 Å². The number of aryl methyl sites for hydroxylation is 1. The monoisotopic (exact) mass is 361 g/mol. The summed E-state index contributed by atoms with van der Waals surface area (Å²) < 4.78 is 30.4. The lowest BCUT2D eigenvalue weighted by atomic mass is 10.1. The van der Waals surface area contributed by atoms with E-state index in [1.807, 2.05) is 14.0 Å². The van der Waals surface area contributed by atoms with E-state index in [0.717, 1.165) is 11.3 Å². The molecule has 0 fully saturated rings. The summed E-state index contributed by atoms with van der Waals surface area (Å²) in [5.74, 6) is -0.242. The minimum absolute atomic E-state index is 0.0593. The quantitative estimate of drug-likeness (QED) is 0.707. The SMILES string of the molecule is Cc1c(CNC(=O)c2cc(-c3ccc(OC(F)F)cc3)n[nH]2)cnn1C. The molecule has 0 atom stereocenters. The molecule has 2 N–H and O–H groups in total. The number of amides is 1. The molecule has 0 radical (unpaired) electrons. The van der Waals surface area contributed by atoms with Crippen molar-refractivity contribution in [3.63, 3.8) is 0 Å². The van der Waals surface area contributed by atoms with Crippen LogP contribution >= 0.6 is 0 Å². The molecule has 0 aliphatic rings. The van der Waals surface area contributed by atoms with Crippen LogP contribution < -0.4 is 10.1 Å². The van der Waals surface area contributed by atoms with Crippen molar-refractivity contribution < 1.29 is 18.3 Å². The molecule has 0 bridgehead atoms. The third kappa shape index (κ3) is 3.88. The Kier molecular flexibility index (Phi) is 4.97. The van der Waals surface area contributed by atoms with Crippen molar-refractivity contribution in [2.75, 3.05) is 0 Å². The zero-order valence-corrected chi connectivity index (χ0v) is 14.2. The summed E-state index contributed by atoms with van der Waals surface area (Å²) >= 11 is 0. The Bertz CT molecular complexity index is 902. The smallest absolute Gasteiger partial charge is 0.387 e. The van der Waals surface area contributed by atoms with Crippen LogP contribution in [-0.4, -0.2) is 32.5 Å². The number of nitrogens with zero attached hydrogens (tertiary/aromatic N) is 3. The molecular formula is C17H17F2N5O2. The highest BCUT2D eigenvalue weighted by atomic mass is 19.3. The molecule has 2 heterocycles. The molecule has 0 saturated carbocycles. The average molecular weight is 361 g/mol. The van der Waals surface area contributed by atoms with Crippen molar-refractivity contribution in [3.8, 4) is 17.0 Å². The molecule has 7 nitrogen and oxygen atoms in total. The fourth-order valence-corrected chi connectivity index (χ4v) is 2.38. The Balaban J connectivity index is 1.65. The summed E-state index contributed by atoms with van der Waals surface area (Å²) in [5.41, 5.74) is 3.40. The first-order valence-corrected chi connectivity index (χ1v) is 7.80. The number of aromatic nitrogens is 4. The minimum atomic E-state index is -2.87. The van der Waals surface area contributed by atoms with E-state index in [-0.39, 0.29) is 11.7 Å². The van der Waals surface area contributed by atoms with Gasteiger partial charge in [-0.2, -0.15) is 19.0 Å². The van der Waals surface area contributed by atoms with Gasteiger partial charge in [0.2, 0.25) is 0 Å². The van der Waals surface area contributed by atoms with Crippen molar-refractivity contribution in [2.45, 2.75) is 20.1 Å². The third-order valence-corrected chi connectivity index (χ3v) is 3.97. The van der Waals surface area contributed by atoms with Gasteiger partial charge in [-0.15, -0.1) is 0 Å². The van der Waals surface area contributed by atoms with Crippen molar-refractivity contribution in [3.05, 3.63) is 53.5 Å². The molecular weight excluding hydrogens is 344 g/mol. The van der Waals surface area contributed by atoms with E-state index < -0.39 is 6.61 Å². The first-order chi connectivity index (χ1) is 12.4. The molecule has 1 amide bonds. The summed E-state index contributed by atoms with van der Waals surface area (Å²) in [4.78, 5) is 12.2. The Morgan fingerprint density at radius 3 is 2.69 bits per heavy atom. The molecule has 3 rings (SSSR count). The number of nitrogens with one attached hydrogen (secondary N) is 2. The standard InChI is InChI=1S/C17H17F2N5O2/c1-10-12(9-21-24(10)2)8-20-16(25)15-7-14(22-23-15)11-3-5-13(6-4-11)26-17(18)19/h3-7,9,17H,8H2,1-2H3,(H,20,25)(H,22,23). The maximum atomic E-state index is 12.2. The number of halogens is 2. The van der Waals surface area contributed by atoms with Crippen LogP contribution in [0.3, 0.4) is 0 Å². The maximum absolute atomic E-state index is 12.2. The van der Waals surface area contributed by atoms with Gasteiger partial charge < -0.3 is 10.1 Å². The number of rotatable bonds is 6. The molecule has 9 heteroatoms. The zero-order valence-electron chi connectivity index (χ0n) is 14.2. The van der Waals surface area contributed by atoms with Crippen molar-refractivity contribution in [1.29, 1.82) is 0 Å². The van der Waals surface area contributed by atoms with Crippen LogP contribution in [0.15, 0.2) is 36.5 Å². The Hall–Kier alpha value is -3.23. The number of carbonyl (C=O) groups excluding carboxylic acids is 1. The summed E-state index contributed by atoms with van der Waals surface area (Å²) in [6.07, 6.45) is 1.71. The van der Waals surface area contributed by atoms with Crippen LogP contribution in [0, 0.1) is 6.92 Å². The van der Waals surface area contributed by atoms with E-state index in [1.54, 1.807) is 29.1 Å². The predicted octanol–water partition coefficient (Wildman–Crippen LogP) is 2.65. The fourth-order valence-electron chi connectivity index (χ4n) is 2.38. The van der Waals surface area contributed by atoms with E-state index in [1.165, 1.54) is 12.1 Å². The van der Waals surface area contributed by atoms with E-state index in [4.69, 9.17) is 0 Å². The van der Waals surface area contributed by atoms with Gasteiger partial charge in [-0.3, -0.25) is 14.6 Å². The van der Waals surface area contributed by atoms with E-state index in [2.05, 4.69) is 25.3 Å². The van der Waals surface area contributed by atoms with Gasteiger partial charge in [-0.1, -0.05) is 0 Å². The molecule has 2 aromatic heterocycles. The van der Waals surface area contributed by atoms with Crippen LogP contribution in [0.5, 0.6) is 5.75 Å². The maximum Gasteiger partial charge on any atom is 0.387 e. The molecule has 26 heavy (non-hydrogen) atoms. The molecule has 0 unspecified atom stereocenters. The molecule has 0 spiro atoms. The highest BCUT2D eigenvalue weighted by molar-refractivity contribution is 5.93. The van der Waals surface area contributed by atoms with Crippen LogP contribution in [0.4, 0.5) is 8.78 Å². The van der Waals surface area contributed by atoms with Gasteiger partial charge in [0, 0.05) is 30.4 Å². The van der Waals surface area contributed by atoms with Crippen LogP contribution in [-0.2, 0) is 13.6 Å². The predicted molar refractivity (Wildman–Crippen MR) is 89.8 cm³/mol. The normalized spacial score (nSPS) is 11.0. The lowest BCUT2D eigenvalue weighted by Crippen LogP contribution is -2.23. The van der Waals surface area contributed by atoms with Gasteiger partial charge in [0.1, 0.15) is 11.4 Å². The number of aromatic amines is 1. The molecule has 0 aliphatic heterocycles. The van der Waals surface area contributed by atoms with Gasteiger partial charge in [0.15, 0.2) is 0 Å². The van der Waals surface area contributed by atoms with Crippen molar-refractivity contribution in [2.24, 2.45) is 7.05 Å². The highest BCUT2D eigenvalue weighted by Gasteiger charge is 2.13. The molecule has 1 aromatic carbocycles. The second kappa shape index (κ2) is 7.34. The number of ether oxygens (including phenoxy) is 1. The van der Waals surface area contributed by atoms with Gasteiger partial charge >= 0.3 is 6.61 Å². The summed E-state index contributed by atoms with van der Waals surface area (Å²) in [7, 11) is 1.83. The second-order valence-electron chi connectivity index (χ2n) is 5.63. The van der Waals surface area contributed by atoms with Crippen LogP contribution in [0.25, 0.3) is 11.3 Å². The number of hydrogen-bond acceptors (Lipinski definition) is 4. The highest BCUT2D eigenvalue weighted by Crippen LogP contribution is 2.22. The first-order valence-electron chi connectivity index (χ1n) is 7.80.